The van der Waals surface area contributed by atoms with Crippen molar-refractivity contribution in [3.8, 4) is 0 Å². The Kier molecular flexibility index (Phi) is 3.88. The van der Waals surface area contributed by atoms with Crippen molar-refractivity contribution in [3.63, 3.8) is 0 Å². The number of hydrogen-bond donors (Lipinski definition) is 0. The molecule has 5 nitrogen and oxygen atoms in total. The van der Waals surface area contributed by atoms with E-state index in [9.17, 15) is 13.2 Å². The van der Waals surface area contributed by atoms with Crippen LogP contribution in [0.5, 0.6) is 0 Å². The standard InChI is InChI=1S/C14H20N2O3S/c1-10-5-6-13(11(2)9-10)20(18,19)16-8-7-15(4)14(17)12(16)3/h5-6,9,12H,7-8H2,1-4H3. The van der Waals surface area contributed by atoms with E-state index in [0.29, 0.717) is 18.7 Å². The molecule has 1 aliphatic rings. The zero-order valence-electron chi connectivity index (χ0n) is 12.3. The molecule has 0 aromatic heterocycles. The summed E-state index contributed by atoms with van der Waals surface area (Å²) in [5, 5.41) is 0. The number of carbonyl (C=O) groups excluding carboxylic acids is 1. The average molecular weight is 296 g/mol. The largest absolute Gasteiger partial charge is 0.343 e. The number of aryl methyl sites for hydroxylation is 2. The predicted octanol–water partition coefficient (Wildman–Crippen LogP) is 1.15. The smallest absolute Gasteiger partial charge is 0.244 e. The Balaban J connectivity index is 2.42. The van der Waals surface area contributed by atoms with Gasteiger partial charge in [-0.3, -0.25) is 4.79 Å². The molecule has 1 fully saturated rings. The molecular formula is C14H20N2O3S. The second kappa shape index (κ2) is 5.18. The minimum absolute atomic E-state index is 0.162. The van der Waals surface area contributed by atoms with Crippen molar-refractivity contribution in [2.24, 2.45) is 0 Å². The van der Waals surface area contributed by atoms with Crippen LogP contribution in [0.15, 0.2) is 23.1 Å². The van der Waals surface area contributed by atoms with Crippen molar-refractivity contribution < 1.29 is 13.2 Å². The van der Waals surface area contributed by atoms with E-state index in [1.807, 2.05) is 13.0 Å². The third kappa shape index (κ3) is 2.45. The average Bonchev–Trinajstić information content (AvgIpc) is 2.35. The molecule has 0 aliphatic carbocycles. The van der Waals surface area contributed by atoms with Crippen LogP contribution < -0.4 is 0 Å². The second-order valence-electron chi connectivity index (χ2n) is 5.32. The number of nitrogens with zero attached hydrogens (tertiary/aromatic N) is 2. The van der Waals surface area contributed by atoms with Crippen LogP contribution in [0.3, 0.4) is 0 Å². The summed E-state index contributed by atoms with van der Waals surface area (Å²) in [6.07, 6.45) is 0. The Morgan fingerprint density at radius 1 is 1.20 bits per heavy atom. The van der Waals surface area contributed by atoms with E-state index < -0.39 is 16.1 Å². The zero-order chi connectivity index (χ0) is 15.1. The van der Waals surface area contributed by atoms with Gasteiger partial charge in [0.1, 0.15) is 6.04 Å². The topological polar surface area (TPSA) is 57.7 Å². The monoisotopic (exact) mass is 296 g/mol. The Morgan fingerprint density at radius 2 is 1.85 bits per heavy atom. The maximum absolute atomic E-state index is 12.7. The van der Waals surface area contributed by atoms with Gasteiger partial charge in [-0.2, -0.15) is 4.31 Å². The summed E-state index contributed by atoms with van der Waals surface area (Å²) >= 11 is 0. The van der Waals surface area contributed by atoms with Gasteiger partial charge in [0.2, 0.25) is 15.9 Å². The Bertz CT molecular complexity index is 640. The maximum atomic E-state index is 12.7. The number of benzene rings is 1. The first-order valence-electron chi connectivity index (χ1n) is 6.59. The summed E-state index contributed by atoms with van der Waals surface area (Å²) in [5.74, 6) is -0.162. The molecule has 6 heteroatoms. The van der Waals surface area contributed by atoms with Crippen molar-refractivity contribution in [2.45, 2.75) is 31.7 Å². The lowest BCUT2D eigenvalue weighted by Crippen LogP contribution is -2.56. The third-order valence-corrected chi connectivity index (χ3v) is 5.87. The number of piperazine rings is 1. The first kappa shape index (κ1) is 15.0. The summed E-state index contributed by atoms with van der Waals surface area (Å²) in [6, 6.07) is 4.59. The van der Waals surface area contributed by atoms with E-state index in [1.165, 1.54) is 4.31 Å². The van der Waals surface area contributed by atoms with E-state index in [1.54, 1.807) is 37.9 Å². The fourth-order valence-corrected chi connectivity index (χ4v) is 4.32. The minimum atomic E-state index is -3.63. The van der Waals surface area contributed by atoms with Gasteiger partial charge in [-0.05, 0) is 32.4 Å². The number of carbonyl (C=O) groups is 1. The van der Waals surface area contributed by atoms with E-state index >= 15 is 0 Å². The number of sulfonamides is 1. The van der Waals surface area contributed by atoms with Gasteiger partial charge in [0, 0.05) is 20.1 Å². The molecule has 1 aromatic carbocycles. The lowest BCUT2D eigenvalue weighted by Gasteiger charge is -2.36. The van der Waals surface area contributed by atoms with Crippen molar-refractivity contribution in [2.75, 3.05) is 20.1 Å². The fourth-order valence-electron chi connectivity index (χ4n) is 2.54. The Hall–Kier alpha value is -1.40. The third-order valence-electron chi connectivity index (χ3n) is 3.74. The number of hydrogen-bond acceptors (Lipinski definition) is 3. The quantitative estimate of drug-likeness (QED) is 0.823. The van der Waals surface area contributed by atoms with Crippen molar-refractivity contribution in [1.82, 2.24) is 9.21 Å². The molecule has 1 atom stereocenters. The van der Waals surface area contributed by atoms with Gasteiger partial charge in [0.25, 0.3) is 0 Å². The number of likely N-dealkylation sites (N-methyl/N-ethyl adjacent to an activating group) is 1. The molecule has 1 unspecified atom stereocenters. The molecule has 0 radical (unpaired) electrons. The van der Waals surface area contributed by atoms with Gasteiger partial charge in [-0.25, -0.2) is 8.42 Å². The van der Waals surface area contributed by atoms with Crippen LogP contribution in [0.1, 0.15) is 18.1 Å². The molecule has 1 amide bonds. The molecule has 20 heavy (non-hydrogen) atoms. The molecule has 1 heterocycles. The summed E-state index contributed by atoms with van der Waals surface area (Å²) in [6.45, 7) is 6.10. The molecule has 2 rings (SSSR count). The number of rotatable bonds is 2. The molecule has 0 spiro atoms. The van der Waals surface area contributed by atoms with Gasteiger partial charge in [-0.1, -0.05) is 17.7 Å². The van der Waals surface area contributed by atoms with Crippen LogP contribution >= 0.6 is 0 Å². The van der Waals surface area contributed by atoms with Gasteiger partial charge in [0.15, 0.2) is 0 Å². The molecule has 110 valence electrons. The van der Waals surface area contributed by atoms with Gasteiger partial charge >= 0.3 is 0 Å². The van der Waals surface area contributed by atoms with Gasteiger partial charge in [-0.15, -0.1) is 0 Å². The molecule has 1 aliphatic heterocycles. The lowest BCUT2D eigenvalue weighted by molar-refractivity contribution is -0.136. The van der Waals surface area contributed by atoms with Gasteiger partial charge < -0.3 is 4.90 Å². The van der Waals surface area contributed by atoms with Crippen LogP contribution in [0, 0.1) is 13.8 Å². The number of amides is 1. The second-order valence-corrected chi connectivity index (χ2v) is 7.18. The van der Waals surface area contributed by atoms with E-state index in [0.717, 1.165) is 5.56 Å². The van der Waals surface area contributed by atoms with E-state index in [-0.39, 0.29) is 10.8 Å². The highest BCUT2D eigenvalue weighted by molar-refractivity contribution is 7.89. The van der Waals surface area contributed by atoms with Crippen LogP contribution in [0.25, 0.3) is 0 Å². The zero-order valence-corrected chi connectivity index (χ0v) is 13.1. The van der Waals surface area contributed by atoms with Crippen molar-refractivity contribution in [3.05, 3.63) is 29.3 Å². The Labute approximate surface area is 120 Å². The highest BCUT2D eigenvalue weighted by atomic mass is 32.2. The summed E-state index contributed by atoms with van der Waals surface area (Å²) in [5.41, 5.74) is 1.73. The first-order chi connectivity index (χ1) is 9.25. The Morgan fingerprint density at radius 3 is 2.45 bits per heavy atom. The first-order valence-corrected chi connectivity index (χ1v) is 8.03. The van der Waals surface area contributed by atoms with Crippen LogP contribution in [-0.4, -0.2) is 49.7 Å². The molecule has 0 saturated carbocycles. The fraction of sp³-hybridized carbons (Fsp3) is 0.500. The molecule has 0 N–H and O–H groups in total. The highest BCUT2D eigenvalue weighted by Gasteiger charge is 2.38. The predicted molar refractivity (Wildman–Crippen MR) is 76.9 cm³/mol. The lowest BCUT2D eigenvalue weighted by atomic mass is 10.2. The van der Waals surface area contributed by atoms with E-state index in [2.05, 4.69) is 0 Å². The molecule has 1 aromatic rings. The molecule has 1 saturated heterocycles. The van der Waals surface area contributed by atoms with Crippen LogP contribution in [0.4, 0.5) is 0 Å². The van der Waals surface area contributed by atoms with Crippen LogP contribution in [0.2, 0.25) is 0 Å². The maximum Gasteiger partial charge on any atom is 0.244 e. The van der Waals surface area contributed by atoms with Crippen molar-refractivity contribution in [1.29, 1.82) is 0 Å². The van der Waals surface area contributed by atoms with Crippen molar-refractivity contribution >= 4 is 15.9 Å². The molecule has 0 bridgehead atoms. The van der Waals surface area contributed by atoms with E-state index in [4.69, 9.17) is 0 Å². The summed E-state index contributed by atoms with van der Waals surface area (Å²) in [4.78, 5) is 13.8. The normalized spacial score (nSPS) is 21.3. The SMILES string of the molecule is Cc1ccc(S(=O)(=O)N2CCN(C)C(=O)C2C)c(C)c1. The minimum Gasteiger partial charge on any atom is -0.343 e. The summed E-state index contributed by atoms with van der Waals surface area (Å²) in [7, 11) is -1.93. The summed E-state index contributed by atoms with van der Waals surface area (Å²) < 4.78 is 26.8. The van der Waals surface area contributed by atoms with Crippen LogP contribution in [-0.2, 0) is 14.8 Å². The molecular weight excluding hydrogens is 276 g/mol. The highest BCUT2D eigenvalue weighted by Crippen LogP contribution is 2.24. The van der Waals surface area contributed by atoms with Gasteiger partial charge in [0.05, 0.1) is 4.90 Å².